The van der Waals surface area contributed by atoms with E-state index in [1.807, 2.05) is 6.07 Å². The van der Waals surface area contributed by atoms with E-state index in [1.54, 1.807) is 0 Å². The van der Waals surface area contributed by atoms with Gasteiger partial charge in [0.15, 0.2) is 5.52 Å². The molecule has 0 amide bonds. The van der Waals surface area contributed by atoms with Gasteiger partial charge >= 0.3 is 5.69 Å². The Morgan fingerprint density at radius 2 is 1.86 bits per heavy atom. The first-order chi connectivity index (χ1) is 10.2. The monoisotopic (exact) mass is 282 g/mol. The molecule has 3 N–H and O–H groups in total. The zero-order chi connectivity index (χ0) is 14.4. The molecule has 0 saturated carbocycles. The second-order valence-electron chi connectivity index (χ2n) is 5.46. The van der Waals surface area contributed by atoms with E-state index >= 15 is 0 Å². The van der Waals surface area contributed by atoms with Gasteiger partial charge in [-0.15, -0.1) is 0 Å². The molecule has 21 heavy (non-hydrogen) atoms. The molecule has 1 atom stereocenters. The Morgan fingerprint density at radius 1 is 1.05 bits per heavy atom. The van der Waals surface area contributed by atoms with Crippen LogP contribution < -0.4 is 11.2 Å². The number of aromatic nitrogens is 4. The summed E-state index contributed by atoms with van der Waals surface area (Å²) < 4.78 is 0. The van der Waals surface area contributed by atoms with Gasteiger partial charge < -0.3 is 4.98 Å². The van der Waals surface area contributed by atoms with Crippen molar-refractivity contribution in [1.29, 1.82) is 0 Å². The lowest BCUT2D eigenvalue weighted by atomic mass is 9.83. The van der Waals surface area contributed by atoms with E-state index in [-0.39, 0.29) is 11.4 Å². The van der Waals surface area contributed by atoms with Crippen LogP contribution in [0.15, 0.2) is 33.9 Å². The average Bonchev–Trinajstić information content (AvgIpc) is 2.91. The van der Waals surface area contributed by atoms with Crippen LogP contribution in [0.1, 0.15) is 29.3 Å². The van der Waals surface area contributed by atoms with Crippen LogP contribution in [0.25, 0.3) is 11.2 Å². The molecular weight excluding hydrogens is 268 g/mol. The molecule has 1 unspecified atom stereocenters. The van der Waals surface area contributed by atoms with E-state index in [4.69, 9.17) is 0 Å². The van der Waals surface area contributed by atoms with Crippen molar-refractivity contribution in [2.24, 2.45) is 0 Å². The minimum atomic E-state index is -0.517. The number of aryl methyl sites for hydroxylation is 1. The van der Waals surface area contributed by atoms with Crippen molar-refractivity contribution in [2.45, 2.75) is 25.2 Å². The molecule has 2 heterocycles. The van der Waals surface area contributed by atoms with Crippen LogP contribution in [-0.4, -0.2) is 19.9 Å². The fraction of sp³-hybridized carbons (Fsp3) is 0.267. The van der Waals surface area contributed by atoms with Gasteiger partial charge in [0, 0.05) is 5.92 Å². The highest BCUT2D eigenvalue weighted by Crippen LogP contribution is 2.31. The van der Waals surface area contributed by atoms with E-state index in [2.05, 4.69) is 38.1 Å². The minimum absolute atomic E-state index is 0.246. The first-order valence-electron chi connectivity index (χ1n) is 7.00. The molecule has 0 saturated heterocycles. The van der Waals surface area contributed by atoms with Crippen LogP contribution in [-0.2, 0) is 12.8 Å². The van der Waals surface area contributed by atoms with Crippen molar-refractivity contribution >= 4 is 11.2 Å². The zero-order valence-electron chi connectivity index (χ0n) is 11.3. The first-order valence-corrected chi connectivity index (χ1v) is 7.00. The number of fused-ring (bicyclic) bond motifs is 2. The number of imidazole rings is 1. The SMILES string of the molecule is O=c1[nH]c(=O)c2nc(C3CCc4ccccc4C3)[nH]c2[nH]1. The molecule has 3 aromatic rings. The third kappa shape index (κ3) is 1.99. The quantitative estimate of drug-likeness (QED) is 0.626. The second-order valence-corrected chi connectivity index (χ2v) is 5.46. The number of hydrogen-bond acceptors (Lipinski definition) is 3. The summed E-state index contributed by atoms with van der Waals surface area (Å²) in [6.45, 7) is 0. The Balaban J connectivity index is 1.77. The smallest absolute Gasteiger partial charge is 0.327 e. The normalized spacial score (nSPS) is 17.8. The molecule has 6 heteroatoms. The number of benzene rings is 1. The molecular formula is C15H14N4O2. The van der Waals surface area contributed by atoms with Crippen molar-refractivity contribution in [3.8, 4) is 0 Å². The van der Waals surface area contributed by atoms with Crippen LogP contribution in [0.3, 0.4) is 0 Å². The molecule has 0 aliphatic heterocycles. The Hall–Kier alpha value is -2.63. The Bertz CT molecular complexity index is 934. The summed E-state index contributed by atoms with van der Waals surface area (Å²) >= 11 is 0. The standard InChI is InChI=1S/C15H14N4O2/c20-14-11-13(18-15(21)19-14)17-12(16-11)10-6-5-8-3-1-2-4-9(8)7-10/h1-4,10H,5-7H2,(H3,16,17,18,19,20,21). The lowest BCUT2D eigenvalue weighted by molar-refractivity contribution is 0.561. The summed E-state index contributed by atoms with van der Waals surface area (Å²) in [6, 6.07) is 8.40. The summed E-state index contributed by atoms with van der Waals surface area (Å²) in [6.07, 6.45) is 2.89. The Kier molecular flexibility index (Phi) is 2.57. The van der Waals surface area contributed by atoms with Crippen molar-refractivity contribution < 1.29 is 0 Å². The molecule has 2 aromatic heterocycles. The number of H-pyrrole nitrogens is 3. The average molecular weight is 282 g/mol. The van der Waals surface area contributed by atoms with Gasteiger partial charge in [0.05, 0.1) is 0 Å². The van der Waals surface area contributed by atoms with Crippen LogP contribution in [0.5, 0.6) is 0 Å². The lowest BCUT2D eigenvalue weighted by Crippen LogP contribution is -2.21. The minimum Gasteiger partial charge on any atom is -0.328 e. The molecule has 106 valence electrons. The molecule has 1 aliphatic rings. The van der Waals surface area contributed by atoms with Gasteiger partial charge in [0.1, 0.15) is 11.5 Å². The summed E-state index contributed by atoms with van der Waals surface area (Å²) in [4.78, 5) is 35.3. The molecule has 1 aliphatic carbocycles. The predicted octanol–water partition coefficient (Wildman–Crippen LogP) is 1.21. The Morgan fingerprint density at radius 3 is 2.71 bits per heavy atom. The largest absolute Gasteiger partial charge is 0.328 e. The van der Waals surface area contributed by atoms with Gasteiger partial charge in [-0.05, 0) is 30.4 Å². The first kappa shape index (κ1) is 12.1. The van der Waals surface area contributed by atoms with Crippen LogP contribution in [0, 0.1) is 0 Å². The molecule has 0 bridgehead atoms. The molecule has 6 nitrogen and oxygen atoms in total. The number of nitrogens with zero attached hydrogens (tertiary/aromatic N) is 1. The van der Waals surface area contributed by atoms with Crippen LogP contribution >= 0.6 is 0 Å². The summed E-state index contributed by atoms with van der Waals surface area (Å²) in [7, 11) is 0. The summed E-state index contributed by atoms with van der Waals surface area (Å²) in [5.41, 5.74) is 2.41. The fourth-order valence-corrected chi connectivity index (χ4v) is 3.08. The maximum atomic E-state index is 11.7. The highest BCUT2D eigenvalue weighted by molar-refractivity contribution is 5.68. The van der Waals surface area contributed by atoms with Crippen LogP contribution in [0.2, 0.25) is 0 Å². The van der Waals surface area contributed by atoms with Gasteiger partial charge in [-0.3, -0.25) is 14.8 Å². The number of rotatable bonds is 1. The van der Waals surface area contributed by atoms with E-state index in [1.165, 1.54) is 11.1 Å². The van der Waals surface area contributed by atoms with Crippen molar-refractivity contribution in [2.75, 3.05) is 0 Å². The Labute approximate surface area is 119 Å². The highest BCUT2D eigenvalue weighted by atomic mass is 16.2. The van der Waals surface area contributed by atoms with E-state index in [9.17, 15) is 9.59 Å². The summed E-state index contributed by atoms with van der Waals surface area (Å²) in [5, 5.41) is 0. The van der Waals surface area contributed by atoms with Gasteiger partial charge in [0.2, 0.25) is 0 Å². The second kappa shape index (κ2) is 4.44. The van der Waals surface area contributed by atoms with Gasteiger partial charge in [-0.1, -0.05) is 24.3 Å². The van der Waals surface area contributed by atoms with Gasteiger partial charge in [-0.2, -0.15) is 0 Å². The molecule has 1 aromatic carbocycles. The number of hydrogen-bond donors (Lipinski definition) is 3. The molecule has 0 fully saturated rings. The van der Waals surface area contributed by atoms with Gasteiger partial charge in [-0.25, -0.2) is 9.78 Å². The van der Waals surface area contributed by atoms with E-state index < -0.39 is 11.2 Å². The van der Waals surface area contributed by atoms with Crippen molar-refractivity contribution in [1.82, 2.24) is 19.9 Å². The molecule has 4 rings (SSSR count). The third-order valence-electron chi connectivity index (χ3n) is 4.14. The van der Waals surface area contributed by atoms with E-state index in [0.717, 1.165) is 25.1 Å². The van der Waals surface area contributed by atoms with Crippen molar-refractivity contribution in [3.63, 3.8) is 0 Å². The molecule has 0 radical (unpaired) electrons. The predicted molar refractivity (Wildman–Crippen MR) is 78.5 cm³/mol. The lowest BCUT2D eigenvalue weighted by Gasteiger charge is -2.22. The number of aromatic amines is 3. The van der Waals surface area contributed by atoms with Gasteiger partial charge in [0.25, 0.3) is 5.56 Å². The maximum Gasteiger partial charge on any atom is 0.327 e. The third-order valence-corrected chi connectivity index (χ3v) is 4.14. The number of nitrogens with one attached hydrogen (secondary N) is 3. The van der Waals surface area contributed by atoms with Crippen LogP contribution in [0.4, 0.5) is 0 Å². The highest BCUT2D eigenvalue weighted by Gasteiger charge is 2.23. The topological polar surface area (TPSA) is 94.4 Å². The van der Waals surface area contributed by atoms with Crippen molar-refractivity contribution in [3.05, 3.63) is 62.1 Å². The zero-order valence-corrected chi connectivity index (χ0v) is 11.3. The van der Waals surface area contributed by atoms with E-state index in [0.29, 0.717) is 5.65 Å². The summed E-state index contributed by atoms with van der Waals surface area (Å²) in [5.74, 6) is 1.02. The fourth-order valence-electron chi connectivity index (χ4n) is 3.08. The molecule has 0 spiro atoms. The maximum absolute atomic E-state index is 11.7.